The van der Waals surface area contributed by atoms with Gasteiger partial charge in [-0.2, -0.15) is 9.36 Å². The van der Waals surface area contributed by atoms with Gasteiger partial charge in [-0.1, -0.05) is 12.1 Å². The average molecular weight is 381 g/mol. The van der Waals surface area contributed by atoms with Crippen LogP contribution in [-0.4, -0.2) is 57.0 Å². The second kappa shape index (κ2) is 7.67. The maximum Gasteiger partial charge on any atom is 0.324 e. The summed E-state index contributed by atoms with van der Waals surface area (Å²) in [5.41, 5.74) is 3.20. The summed E-state index contributed by atoms with van der Waals surface area (Å²) in [7, 11) is 1.43. The lowest BCUT2D eigenvalue weighted by Crippen LogP contribution is -3.14. The third-order valence-electron chi connectivity index (χ3n) is 4.32. The summed E-state index contributed by atoms with van der Waals surface area (Å²) in [5, 5.41) is 8.34. The molecule has 0 bridgehead atoms. The Labute approximate surface area is 155 Å². The highest BCUT2D eigenvalue weighted by atomic mass is 32.2. The minimum atomic E-state index is -0.162. The standard InChI is InChI=1S/C16H21N5O2S2/c1-11-4-5-12(2)13(8-11)21-16(24)20(17-18-21)10-19-6-7-25-14(9-19)15(22)23-3/h4-5,8,14H,6-7,9-10H2,1-3H3/p+1/t14-/m1/s1. The van der Waals surface area contributed by atoms with Gasteiger partial charge >= 0.3 is 5.97 Å². The third kappa shape index (κ3) is 3.94. The largest absolute Gasteiger partial charge is 0.468 e. The van der Waals surface area contributed by atoms with E-state index in [0.29, 0.717) is 18.0 Å². The topological polar surface area (TPSA) is 66.4 Å². The van der Waals surface area contributed by atoms with Crippen molar-refractivity contribution in [1.29, 1.82) is 0 Å². The molecule has 1 N–H and O–H groups in total. The van der Waals surface area contributed by atoms with Crippen LogP contribution in [0.1, 0.15) is 11.1 Å². The number of hydrogen-bond donors (Lipinski definition) is 1. The number of nitrogens with zero attached hydrogens (tertiary/aromatic N) is 4. The molecule has 134 valence electrons. The summed E-state index contributed by atoms with van der Waals surface area (Å²) >= 11 is 7.22. The first-order valence-electron chi connectivity index (χ1n) is 8.13. The molecule has 0 radical (unpaired) electrons. The Morgan fingerprint density at radius 3 is 3.00 bits per heavy atom. The summed E-state index contributed by atoms with van der Waals surface area (Å²) in [6.07, 6.45) is 0. The van der Waals surface area contributed by atoms with Gasteiger partial charge in [0.15, 0.2) is 11.9 Å². The molecule has 1 fully saturated rings. The Balaban J connectivity index is 1.79. The van der Waals surface area contributed by atoms with Crippen LogP contribution in [0.4, 0.5) is 0 Å². The van der Waals surface area contributed by atoms with Crippen molar-refractivity contribution in [1.82, 2.24) is 19.8 Å². The fourth-order valence-corrected chi connectivity index (χ4v) is 4.39. The van der Waals surface area contributed by atoms with E-state index in [9.17, 15) is 4.79 Å². The molecule has 25 heavy (non-hydrogen) atoms. The molecule has 1 aromatic carbocycles. The first kappa shape index (κ1) is 18.1. The lowest BCUT2D eigenvalue weighted by Gasteiger charge is -2.27. The number of aromatic nitrogens is 4. The van der Waals surface area contributed by atoms with E-state index in [1.165, 1.54) is 12.0 Å². The van der Waals surface area contributed by atoms with E-state index >= 15 is 0 Å². The first-order chi connectivity index (χ1) is 12.0. The molecule has 2 heterocycles. The average Bonchev–Trinajstić information content (AvgIpc) is 2.97. The van der Waals surface area contributed by atoms with Crippen LogP contribution in [0.3, 0.4) is 0 Å². The lowest BCUT2D eigenvalue weighted by atomic mass is 10.1. The number of benzene rings is 1. The molecule has 7 nitrogen and oxygen atoms in total. The van der Waals surface area contributed by atoms with E-state index in [0.717, 1.165) is 29.1 Å². The molecule has 0 amide bonds. The van der Waals surface area contributed by atoms with E-state index in [1.807, 2.05) is 13.8 Å². The Kier molecular flexibility index (Phi) is 5.55. The summed E-state index contributed by atoms with van der Waals surface area (Å²) < 4.78 is 8.86. The Morgan fingerprint density at radius 1 is 1.44 bits per heavy atom. The second-order valence-electron chi connectivity index (χ2n) is 6.21. The van der Waals surface area contributed by atoms with Gasteiger partial charge in [0.2, 0.25) is 4.77 Å². The first-order valence-corrected chi connectivity index (χ1v) is 9.58. The van der Waals surface area contributed by atoms with Crippen LogP contribution >= 0.6 is 24.0 Å². The van der Waals surface area contributed by atoms with Crippen LogP contribution in [0, 0.1) is 18.6 Å². The minimum absolute atomic E-state index is 0.128. The number of nitrogens with one attached hydrogen (secondary N) is 1. The van der Waals surface area contributed by atoms with Gasteiger partial charge in [-0.25, -0.2) is 0 Å². The summed E-state index contributed by atoms with van der Waals surface area (Å²) in [4.78, 5) is 13.0. The molecule has 2 aromatic rings. The smallest absolute Gasteiger partial charge is 0.324 e. The highest BCUT2D eigenvalue weighted by Gasteiger charge is 2.30. The number of thioether (sulfide) groups is 1. The van der Waals surface area contributed by atoms with Crippen LogP contribution in [-0.2, 0) is 16.2 Å². The molecule has 1 unspecified atom stereocenters. The molecule has 1 saturated heterocycles. The van der Waals surface area contributed by atoms with Crippen molar-refractivity contribution < 1.29 is 14.4 Å². The summed E-state index contributed by atoms with van der Waals surface area (Å²) in [5.74, 6) is 0.748. The molecular weight excluding hydrogens is 358 g/mol. The van der Waals surface area contributed by atoms with Gasteiger partial charge in [0, 0.05) is 5.75 Å². The van der Waals surface area contributed by atoms with Crippen molar-refractivity contribution in [2.75, 3.05) is 26.0 Å². The number of esters is 1. The van der Waals surface area contributed by atoms with Crippen molar-refractivity contribution in [3.05, 3.63) is 34.1 Å². The summed E-state index contributed by atoms with van der Waals surface area (Å²) in [6.45, 7) is 6.33. The second-order valence-corrected chi connectivity index (χ2v) is 7.88. The van der Waals surface area contributed by atoms with Gasteiger partial charge in [-0.3, -0.25) is 4.79 Å². The predicted octanol–water partition coefficient (Wildman–Crippen LogP) is 0.546. The predicted molar refractivity (Wildman–Crippen MR) is 98.6 cm³/mol. The highest BCUT2D eigenvalue weighted by molar-refractivity contribution is 8.00. The number of ether oxygens (including phenoxy) is 1. The lowest BCUT2D eigenvalue weighted by molar-refractivity contribution is -0.921. The number of carbonyl (C=O) groups excluding carboxylic acids is 1. The van der Waals surface area contributed by atoms with Crippen LogP contribution < -0.4 is 4.90 Å². The number of tetrazole rings is 1. The molecule has 1 aliphatic heterocycles. The van der Waals surface area contributed by atoms with Gasteiger partial charge in [0.05, 0.1) is 19.3 Å². The summed E-state index contributed by atoms with van der Waals surface area (Å²) in [6, 6.07) is 6.18. The fourth-order valence-electron chi connectivity index (χ4n) is 2.88. The molecule has 0 spiro atoms. The normalized spacial score (nSPS) is 20.4. The van der Waals surface area contributed by atoms with Crippen molar-refractivity contribution in [3.8, 4) is 5.69 Å². The fraction of sp³-hybridized carbons (Fsp3) is 0.500. The molecule has 9 heteroatoms. The van der Waals surface area contributed by atoms with Crippen LogP contribution in [0.15, 0.2) is 18.2 Å². The minimum Gasteiger partial charge on any atom is -0.468 e. The monoisotopic (exact) mass is 380 g/mol. The highest BCUT2D eigenvalue weighted by Crippen LogP contribution is 2.15. The van der Waals surface area contributed by atoms with Gasteiger partial charge in [-0.05, 0) is 53.7 Å². The molecular formula is C16H22N5O2S2+. The molecule has 3 rings (SSSR count). The Morgan fingerprint density at radius 2 is 2.24 bits per heavy atom. The Bertz CT molecular complexity index is 832. The van der Waals surface area contributed by atoms with E-state index < -0.39 is 0 Å². The third-order valence-corrected chi connectivity index (χ3v) is 5.90. The van der Waals surface area contributed by atoms with E-state index in [-0.39, 0.29) is 11.2 Å². The zero-order valence-electron chi connectivity index (χ0n) is 14.6. The van der Waals surface area contributed by atoms with Gasteiger partial charge in [0.1, 0.15) is 6.54 Å². The molecule has 2 atom stereocenters. The maximum absolute atomic E-state index is 11.8. The number of methoxy groups -OCH3 is 1. The van der Waals surface area contributed by atoms with Crippen molar-refractivity contribution >= 4 is 29.9 Å². The van der Waals surface area contributed by atoms with Crippen molar-refractivity contribution in [2.24, 2.45) is 0 Å². The SMILES string of the molecule is COC(=O)[C@H]1C[NH+](Cn2nnn(-c3cc(C)ccc3C)c2=S)CCS1. The number of aryl methyl sites for hydroxylation is 2. The van der Waals surface area contributed by atoms with Crippen molar-refractivity contribution in [3.63, 3.8) is 0 Å². The van der Waals surface area contributed by atoms with E-state index in [2.05, 4.69) is 28.6 Å². The molecule has 0 aliphatic carbocycles. The number of quaternary nitrogens is 1. The number of rotatable bonds is 4. The van der Waals surface area contributed by atoms with Gasteiger partial charge in [-0.15, -0.1) is 11.8 Å². The maximum atomic E-state index is 11.8. The number of hydrogen-bond acceptors (Lipinski definition) is 6. The molecule has 0 saturated carbocycles. The molecule has 1 aromatic heterocycles. The quantitative estimate of drug-likeness (QED) is 0.617. The Hall–Kier alpha value is -1.71. The molecule has 1 aliphatic rings. The van der Waals surface area contributed by atoms with E-state index in [4.69, 9.17) is 17.0 Å². The van der Waals surface area contributed by atoms with Gasteiger partial charge in [0.25, 0.3) is 0 Å². The zero-order valence-corrected chi connectivity index (χ0v) is 16.2. The van der Waals surface area contributed by atoms with Crippen LogP contribution in [0.2, 0.25) is 0 Å². The van der Waals surface area contributed by atoms with Crippen LogP contribution in [0.25, 0.3) is 5.69 Å². The zero-order chi connectivity index (χ0) is 18.0. The van der Waals surface area contributed by atoms with Crippen molar-refractivity contribution in [2.45, 2.75) is 25.8 Å². The van der Waals surface area contributed by atoms with Crippen LogP contribution in [0.5, 0.6) is 0 Å². The van der Waals surface area contributed by atoms with Gasteiger partial charge < -0.3 is 9.64 Å². The number of carbonyl (C=O) groups is 1. The van der Waals surface area contributed by atoms with E-state index in [1.54, 1.807) is 21.1 Å².